The third-order valence-corrected chi connectivity index (χ3v) is 3.68. The van der Waals surface area contributed by atoms with E-state index in [1.54, 1.807) is 0 Å². The third-order valence-electron chi connectivity index (χ3n) is 2.03. The van der Waals surface area contributed by atoms with Gasteiger partial charge in [0, 0.05) is 6.26 Å². The average Bonchev–Trinajstić information content (AvgIpc) is 2.61. The van der Waals surface area contributed by atoms with Crippen LogP contribution in [-0.2, 0) is 9.84 Å². The SMILES string of the molecule is CS(=O)(=O)[C@H]1C[C@@]1(C#N)CO. The molecule has 0 bridgehead atoms. The molecule has 1 N–H and O–H groups in total. The number of hydrogen-bond donors (Lipinski definition) is 1. The lowest BCUT2D eigenvalue weighted by Gasteiger charge is -2.00. The molecule has 4 nitrogen and oxygen atoms in total. The van der Waals surface area contributed by atoms with Gasteiger partial charge in [-0.25, -0.2) is 8.42 Å². The Bertz CT molecular complexity index is 302. The van der Waals surface area contributed by atoms with Crippen LogP contribution < -0.4 is 0 Å². The van der Waals surface area contributed by atoms with Crippen LogP contribution in [0.25, 0.3) is 0 Å². The maximum atomic E-state index is 10.9. The third kappa shape index (κ3) is 1.24. The first-order valence-corrected chi connectivity index (χ1v) is 5.13. The Morgan fingerprint density at radius 1 is 1.82 bits per heavy atom. The van der Waals surface area contributed by atoms with Gasteiger partial charge in [-0.15, -0.1) is 0 Å². The zero-order chi connectivity index (χ0) is 8.70. The van der Waals surface area contributed by atoms with Gasteiger partial charge >= 0.3 is 0 Å². The highest BCUT2D eigenvalue weighted by atomic mass is 32.2. The van der Waals surface area contributed by atoms with E-state index in [2.05, 4.69) is 0 Å². The second-order valence-corrected chi connectivity index (χ2v) is 5.18. The van der Waals surface area contributed by atoms with Crippen LogP contribution in [0.4, 0.5) is 0 Å². The first kappa shape index (κ1) is 8.50. The molecule has 0 aromatic carbocycles. The van der Waals surface area contributed by atoms with Gasteiger partial charge < -0.3 is 5.11 Å². The Kier molecular flexibility index (Phi) is 1.69. The minimum absolute atomic E-state index is 0.277. The van der Waals surface area contributed by atoms with Gasteiger partial charge in [0.1, 0.15) is 0 Å². The van der Waals surface area contributed by atoms with Gasteiger partial charge in [-0.1, -0.05) is 0 Å². The molecule has 0 heterocycles. The fourth-order valence-corrected chi connectivity index (χ4v) is 2.70. The van der Waals surface area contributed by atoms with Crippen molar-refractivity contribution in [1.82, 2.24) is 0 Å². The highest BCUT2D eigenvalue weighted by molar-refractivity contribution is 7.91. The smallest absolute Gasteiger partial charge is 0.152 e. The minimum Gasteiger partial charge on any atom is -0.395 e. The molecule has 1 aliphatic carbocycles. The lowest BCUT2D eigenvalue weighted by molar-refractivity contribution is 0.246. The summed E-state index contributed by atoms with van der Waals surface area (Å²) in [5.74, 6) is 0. The first-order valence-electron chi connectivity index (χ1n) is 3.17. The summed E-state index contributed by atoms with van der Waals surface area (Å²) in [5.41, 5.74) is -0.992. The molecule has 0 aromatic rings. The van der Waals surface area contributed by atoms with Crippen molar-refractivity contribution >= 4 is 9.84 Å². The average molecular weight is 175 g/mol. The first-order chi connectivity index (χ1) is 4.96. The van der Waals surface area contributed by atoms with Gasteiger partial charge in [0.25, 0.3) is 0 Å². The van der Waals surface area contributed by atoms with Crippen LogP contribution in [0.2, 0.25) is 0 Å². The van der Waals surface area contributed by atoms with Gasteiger partial charge in [-0.2, -0.15) is 5.26 Å². The van der Waals surface area contributed by atoms with E-state index in [1.807, 2.05) is 6.07 Å². The van der Waals surface area contributed by atoms with Crippen LogP contribution >= 0.6 is 0 Å². The molecule has 1 rings (SSSR count). The van der Waals surface area contributed by atoms with Crippen molar-refractivity contribution in [3.63, 3.8) is 0 Å². The molecule has 0 unspecified atom stereocenters. The van der Waals surface area contributed by atoms with Crippen molar-refractivity contribution in [2.75, 3.05) is 12.9 Å². The topological polar surface area (TPSA) is 78.2 Å². The predicted octanol–water partition coefficient (Wildman–Crippen LogP) is -0.694. The monoisotopic (exact) mass is 175 g/mol. The molecule has 62 valence electrons. The van der Waals surface area contributed by atoms with E-state index in [9.17, 15) is 8.42 Å². The summed E-state index contributed by atoms with van der Waals surface area (Å²) >= 11 is 0. The van der Waals surface area contributed by atoms with E-state index in [1.165, 1.54) is 0 Å². The summed E-state index contributed by atoms with van der Waals surface area (Å²) in [6, 6.07) is 1.83. The Morgan fingerprint density at radius 3 is 2.45 bits per heavy atom. The standard InChI is InChI=1S/C6H9NO3S/c1-11(9,10)5-2-6(5,3-7)4-8/h5,8H,2,4H2,1H3/t5-,6+/m0/s1. The maximum absolute atomic E-state index is 10.9. The summed E-state index contributed by atoms with van der Waals surface area (Å²) in [6.07, 6.45) is 1.37. The van der Waals surface area contributed by atoms with Crippen molar-refractivity contribution in [3.05, 3.63) is 0 Å². The van der Waals surface area contributed by atoms with Crippen LogP contribution in [0.3, 0.4) is 0 Å². The number of rotatable bonds is 2. The molecule has 5 heteroatoms. The van der Waals surface area contributed by atoms with Gasteiger partial charge in [0.15, 0.2) is 9.84 Å². The normalized spacial score (nSPS) is 36.3. The Morgan fingerprint density at radius 2 is 2.36 bits per heavy atom. The highest BCUT2D eigenvalue weighted by Gasteiger charge is 2.60. The number of nitrogens with zero attached hydrogens (tertiary/aromatic N) is 1. The predicted molar refractivity (Wildman–Crippen MR) is 38.4 cm³/mol. The summed E-state index contributed by atoms with van der Waals surface area (Å²) in [7, 11) is -3.14. The molecular weight excluding hydrogens is 166 g/mol. The lowest BCUT2D eigenvalue weighted by atomic mass is 10.2. The highest BCUT2D eigenvalue weighted by Crippen LogP contribution is 2.49. The quantitative estimate of drug-likeness (QED) is 0.602. The van der Waals surface area contributed by atoms with Crippen molar-refractivity contribution in [1.29, 1.82) is 5.26 Å². The Hall–Kier alpha value is -0.600. The summed E-state index contributed by atoms with van der Waals surface area (Å²) in [4.78, 5) is 0. The molecule has 0 saturated heterocycles. The molecule has 1 saturated carbocycles. The van der Waals surface area contributed by atoms with E-state index < -0.39 is 20.5 Å². The maximum Gasteiger partial charge on any atom is 0.152 e. The number of nitriles is 1. The minimum atomic E-state index is -3.14. The molecule has 0 radical (unpaired) electrons. The Labute approximate surface area is 65.4 Å². The Balaban J connectivity index is 2.84. The van der Waals surface area contributed by atoms with E-state index in [4.69, 9.17) is 10.4 Å². The number of aliphatic hydroxyl groups excluding tert-OH is 1. The number of aliphatic hydroxyl groups is 1. The fourth-order valence-electron chi connectivity index (χ4n) is 1.15. The lowest BCUT2D eigenvalue weighted by Crippen LogP contribution is -2.16. The van der Waals surface area contributed by atoms with Crippen molar-refractivity contribution in [2.45, 2.75) is 11.7 Å². The van der Waals surface area contributed by atoms with Gasteiger partial charge in [-0.05, 0) is 6.42 Å². The van der Waals surface area contributed by atoms with Gasteiger partial charge in [-0.3, -0.25) is 0 Å². The van der Waals surface area contributed by atoms with Crippen LogP contribution in [0.15, 0.2) is 0 Å². The summed E-state index contributed by atoms with van der Waals surface area (Å²) in [5, 5.41) is 16.6. The molecule has 0 aromatic heterocycles. The number of sulfone groups is 1. The molecule has 2 atom stereocenters. The summed E-state index contributed by atoms with van der Waals surface area (Å²) in [6.45, 7) is -0.360. The molecule has 1 fully saturated rings. The summed E-state index contributed by atoms with van der Waals surface area (Å²) < 4.78 is 21.7. The van der Waals surface area contributed by atoms with Crippen molar-refractivity contribution < 1.29 is 13.5 Å². The second kappa shape index (κ2) is 2.19. The molecule has 1 aliphatic rings. The fraction of sp³-hybridized carbons (Fsp3) is 0.833. The molecular formula is C6H9NO3S. The van der Waals surface area contributed by atoms with Crippen LogP contribution in [-0.4, -0.2) is 31.6 Å². The van der Waals surface area contributed by atoms with Crippen LogP contribution in [0.1, 0.15) is 6.42 Å². The van der Waals surface area contributed by atoms with Gasteiger partial charge in [0.05, 0.1) is 23.3 Å². The zero-order valence-corrected chi connectivity index (χ0v) is 6.93. The molecule has 11 heavy (non-hydrogen) atoms. The largest absolute Gasteiger partial charge is 0.395 e. The zero-order valence-electron chi connectivity index (χ0n) is 6.11. The van der Waals surface area contributed by atoms with Crippen molar-refractivity contribution in [3.8, 4) is 6.07 Å². The van der Waals surface area contributed by atoms with E-state index in [0.717, 1.165) is 6.26 Å². The van der Waals surface area contributed by atoms with Crippen LogP contribution in [0, 0.1) is 16.7 Å². The van der Waals surface area contributed by atoms with E-state index in [0.29, 0.717) is 0 Å². The number of hydrogen-bond acceptors (Lipinski definition) is 4. The van der Waals surface area contributed by atoms with E-state index in [-0.39, 0.29) is 13.0 Å². The van der Waals surface area contributed by atoms with Crippen molar-refractivity contribution in [2.24, 2.45) is 5.41 Å². The molecule has 0 aliphatic heterocycles. The second-order valence-electron chi connectivity index (χ2n) is 2.95. The molecule has 0 amide bonds. The van der Waals surface area contributed by atoms with Gasteiger partial charge in [0.2, 0.25) is 0 Å². The molecule has 0 spiro atoms. The van der Waals surface area contributed by atoms with Crippen LogP contribution in [0.5, 0.6) is 0 Å². The van der Waals surface area contributed by atoms with E-state index >= 15 is 0 Å².